The molecule has 0 radical (unpaired) electrons. The number of pyridine rings is 1. The van der Waals surface area contributed by atoms with E-state index < -0.39 is 10.0 Å². The van der Waals surface area contributed by atoms with Gasteiger partial charge in [-0.25, -0.2) is 23.1 Å². The number of fused-ring (bicyclic) bond motifs is 1. The molecule has 3 aromatic rings. The molecule has 0 saturated carbocycles. The Balaban J connectivity index is 1.98. The summed E-state index contributed by atoms with van der Waals surface area (Å²) in [5.41, 5.74) is 3.71. The van der Waals surface area contributed by atoms with Crippen LogP contribution in [0.5, 0.6) is 0 Å². The lowest BCUT2D eigenvalue weighted by atomic mass is 10.1. The first-order valence-corrected chi connectivity index (χ1v) is 9.51. The fourth-order valence-corrected chi connectivity index (χ4v) is 3.11. The van der Waals surface area contributed by atoms with Gasteiger partial charge >= 0.3 is 0 Å². The van der Waals surface area contributed by atoms with E-state index in [-0.39, 0.29) is 5.75 Å². The van der Waals surface area contributed by atoms with Gasteiger partial charge in [-0.05, 0) is 26.0 Å². The molecule has 126 valence electrons. The van der Waals surface area contributed by atoms with E-state index in [1.54, 1.807) is 13.1 Å². The fraction of sp³-hybridized carbons (Fsp3) is 0.294. The predicted octanol–water partition coefficient (Wildman–Crippen LogP) is 2.35. The largest absolute Gasteiger partial charge is 0.307 e. The van der Waals surface area contributed by atoms with E-state index in [1.807, 2.05) is 47.9 Å². The Labute approximate surface area is 141 Å². The lowest BCUT2D eigenvalue weighted by Gasteiger charge is -2.10. The Bertz CT molecular complexity index is 946. The van der Waals surface area contributed by atoms with Gasteiger partial charge < -0.3 is 4.57 Å². The molecule has 0 spiro atoms. The Morgan fingerprint density at radius 1 is 1.17 bits per heavy atom. The van der Waals surface area contributed by atoms with Crippen LogP contribution in [0.4, 0.5) is 0 Å². The van der Waals surface area contributed by atoms with Crippen LogP contribution in [0.15, 0.2) is 42.6 Å². The second-order valence-electron chi connectivity index (χ2n) is 5.60. The summed E-state index contributed by atoms with van der Waals surface area (Å²) in [6.07, 6.45) is 1.72. The van der Waals surface area contributed by atoms with E-state index in [4.69, 9.17) is 0 Å². The number of aryl methyl sites for hydroxylation is 1. The van der Waals surface area contributed by atoms with Gasteiger partial charge in [-0.1, -0.05) is 29.8 Å². The summed E-state index contributed by atoms with van der Waals surface area (Å²) in [6, 6.07) is 11.9. The van der Waals surface area contributed by atoms with E-state index in [1.165, 1.54) is 5.56 Å². The van der Waals surface area contributed by atoms with Gasteiger partial charge in [0.25, 0.3) is 0 Å². The van der Waals surface area contributed by atoms with Gasteiger partial charge in [0.2, 0.25) is 10.0 Å². The number of nitrogens with one attached hydrogen (secondary N) is 1. The first kappa shape index (κ1) is 16.6. The average Bonchev–Trinajstić information content (AvgIpc) is 2.94. The first-order valence-electron chi connectivity index (χ1n) is 7.86. The van der Waals surface area contributed by atoms with Crippen molar-refractivity contribution in [3.8, 4) is 11.4 Å². The summed E-state index contributed by atoms with van der Waals surface area (Å²) >= 11 is 0. The topological polar surface area (TPSA) is 76.9 Å². The molecular weight excluding hydrogens is 324 g/mol. The van der Waals surface area contributed by atoms with Crippen molar-refractivity contribution in [3.05, 3.63) is 48.2 Å². The maximum absolute atomic E-state index is 11.6. The zero-order valence-corrected chi connectivity index (χ0v) is 14.5. The van der Waals surface area contributed by atoms with E-state index in [0.29, 0.717) is 13.1 Å². The molecule has 0 unspecified atom stereocenters. The first-order chi connectivity index (χ1) is 11.5. The van der Waals surface area contributed by atoms with Crippen molar-refractivity contribution in [3.63, 3.8) is 0 Å². The Kier molecular flexibility index (Phi) is 4.64. The van der Waals surface area contributed by atoms with Gasteiger partial charge in [-0.3, -0.25) is 0 Å². The standard InChI is InChI=1S/C17H20N4O2S/c1-3-24(22,23)19-11-12-21-16(14-8-6-13(2)7-9-14)20-15-5-4-10-18-17(15)21/h4-10,19H,3,11-12H2,1-2H3. The summed E-state index contributed by atoms with van der Waals surface area (Å²) in [7, 11) is -3.21. The van der Waals surface area contributed by atoms with Crippen LogP contribution >= 0.6 is 0 Å². The van der Waals surface area contributed by atoms with Crippen LogP contribution in [0, 0.1) is 6.92 Å². The number of nitrogens with zero attached hydrogens (tertiary/aromatic N) is 3. The molecule has 0 fully saturated rings. The van der Waals surface area contributed by atoms with Crippen molar-refractivity contribution in [2.75, 3.05) is 12.3 Å². The smallest absolute Gasteiger partial charge is 0.211 e. The van der Waals surface area contributed by atoms with Crippen LogP contribution in [-0.4, -0.2) is 35.3 Å². The number of sulfonamides is 1. The molecule has 7 heteroatoms. The zero-order chi connectivity index (χ0) is 17.2. The molecule has 0 bridgehead atoms. The normalized spacial score (nSPS) is 11.9. The van der Waals surface area contributed by atoms with Crippen LogP contribution < -0.4 is 4.72 Å². The van der Waals surface area contributed by atoms with Gasteiger partial charge in [0.15, 0.2) is 5.65 Å². The highest BCUT2D eigenvalue weighted by atomic mass is 32.2. The van der Waals surface area contributed by atoms with Crippen molar-refractivity contribution in [2.45, 2.75) is 20.4 Å². The van der Waals surface area contributed by atoms with Crippen LogP contribution in [0.3, 0.4) is 0 Å². The van der Waals surface area contributed by atoms with E-state index in [2.05, 4.69) is 14.7 Å². The Morgan fingerprint density at radius 2 is 1.92 bits per heavy atom. The summed E-state index contributed by atoms with van der Waals surface area (Å²) in [5.74, 6) is 0.861. The van der Waals surface area contributed by atoms with Gasteiger partial charge in [0.05, 0.1) is 5.75 Å². The number of hydrogen-bond acceptors (Lipinski definition) is 4. The minimum atomic E-state index is -3.21. The number of imidazole rings is 1. The molecule has 3 rings (SSSR count). The quantitative estimate of drug-likeness (QED) is 0.745. The van der Waals surface area contributed by atoms with Crippen molar-refractivity contribution < 1.29 is 8.42 Å². The molecule has 24 heavy (non-hydrogen) atoms. The van der Waals surface area contributed by atoms with Gasteiger partial charge in [0, 0.05) is 24.8 Å². The molecular formula is C17H20N4O2S. The minimum absolute atomic E-state index is 0.0702. The maximum Gasteiger partial charge on any atom is 0.211 e. The second kappa shape index (κ2) is 6.70. The monoisotopic (exact) mass is 344 g/mol. The highest BCUT2D eigenvalue weighted by molar-refractivity contribution is 7.89. The average molecular weight is 344 g/mol. The van der Waals surface area contributed by atoms with E-state index in [9.17, 15) is 8.42 Å². The summed E-state index contributed by atoms with van der Waals surface area (Å²) < 4.78 is 27.8. The Morgan fingerprint density at radius 3 is 2.62 bits per heavy atom. The molecule has 6 nitrogen and oxygen atoms in total. The lowest BCUT2D eigenvalue weighted by molar-refractivity contribution is 0.575. The Hall–Kier alpha value is -2.25. The molecule has 0 aliphatic rings. The van der Waals surface area contributed by atoms with Crippen molar-refractivity contribution in [1.82, 2.24) is 19.3 Å². The molecule has 2 heterocycles. The minimum Gasteiger partial charge on any atom is -0.307 e. The fourth-order valence-electron chi connectivity index (χ4n) is 2.51. The molecule has 2 aromatic heterocycles. The third kappa shape index (κ3) is 3.47. The maximum atomic E-state index is 11.6. The number of benzene rings is 1. The zero-order valence-electron chi connectivity index (χ0n) is 13.7. The molecule has 0 atom stereocenters. The summed E-state index contributed by atoms with van der Waals surface area (Å²) in [5, 5.41) is 0. The van der Waals surface area contributed by atoms with Crippen molar-refractivity contribution in [2.24, 2.45) is 0 Å². The van der Waals surface area contributed by atoms with Crippen LogP contribution in [0.25, 0.3) is 22.6 Å². The van der Waals surface area contributed by atoms with Crippen LogP contribution in [0.1, 0.15) is 12.5 Å². The predicted molar refractivity (Wildman–Crippen MR) is 95.2 cm³/mol. The molecule has 0 aliphatic carbocycles. The molecule has 0 aliphatic heterocycles. The van der Waals surface area contributed by atoms with Crippen molar-refractivity contribution in [1.29, 1.82) is 0 Å². The van der Waals surface area contributed by atoms with Gasteiger partial charge in [-0.15, -0.1) is 0 Å². The number of aromatic nitrogens is 3. The SMILES string of the molecule is CCS(=O)(=O)NCCn1c(-c2ccc(C)cc2)nc2cccnc21. The molecule has 1 N–H and O–H groups in total. The second-order valence-corrected chi connectivity index (χ2v) is 7.69. The van der Waals surface area contributed by atoms with Crippen LogP contribution in [0.2, 0.25) is 0 Å². The van der Waals surface area contributed by atoms with Gasteiger partial charge in [0.1, 0.15) is 11.3 Å². The van der Waals surface area contributed by atoms with E-state index in [0.717, 1.165) is 22.6 Å². The number of hydrogen-bond donors (Lipinski definition) is 1. The van der Waals surface area contributed by atoms with Crippen molar-refractivity contribution >= 4 is 21.2 Å². The number of rotatable bonds is 6. The molecule has 0 amide bonds. The van der Waals surface area contributed by atoms with E-state index >= 15 is 0 Å². The van der Waals surface area contributed by atoms with Gasteiger partial charge in [-0.2, -0.15) is 0 Å². The molecule has 0 saturated heterocycles. The third-order valence-corrected chi connectivity index (χ3v) is 5.25. The molecule has 1 aromatic carbocycles. The summed E-state index contributed by atoms with van der Waals surface area (Å²) in [4.78, 5) is 9.07. The lowest BCUT2D eigenvalue weighted by Crippen LogP contribution is -2.28. The highest BCUT2D eigenvalue weighted by Crippen LogP contribution is 2.23. The highest BCUT2D eigenvalue weighted by Gasteiger charge is 2.14. The van der Waals surface area contributed by atoms with Crippen LogP contribution in [-0.2, 0) is 16.6 Å². The third-order valence-electron chi connectivity index (χ3n) is 3.85. The summed E-state index contributed by atoms with van der Waals surface area (Å²) in [6.45, 7) is 4.43.